The number of hydrogen-bond acceptors (Lipinski definition) is 3. The van der Waals surface area contributed by atoms with E-state index in [-0.39, 0.29) is 0 Å². The van der Waals surface area contributed by atoms with Gasteiger partial charge in [0, 0.05) is 17.2 Å². The van der Waals surface area contributed by atoms with Crippen molar-refractivity contribution in [3.05, 3.63) is 23.8 Å². The second-order valence-electron chi connectivity index (χ2n) is 4.54. The molecule has 96 valence electrons. The van der Waals surface area contributed by atoms with Crippen LogP contribution >= 0.6 is 0 Å². The van der Waals surface area contributed by atoms with Crippen LogP contribution in [-0.4, -0.2) is 23.2 Å². The van der Waals surface area contributed by atoms with Crippen LogP contribution in [0.2, 0.25) is 0 Å². The first kappa shape index (κ1) is 14.2. The number of nitrogens with two attached hydrogens (primary N) is 1. The molecule has 17 heavy (non-hydrogen) atoms. The van der Waals surface area contributed by atoms with E-state index in [0.29, 0.717) is 30.6 Å². The molecule has 1 aromatic rings. The Bertz CT molecular complexity index is 391. The molecule has 4 heteroatoms. The van der Waals surface area contributed by atoms with Crippen LogP contribution in [0, 0.1) is 12.8 Å². The third-order valence-corrected chi connectivity index (χ3v) is 3.79. The maximum atomic E-state index is 12.0. The molecule has 0 radical (unpaired) electrons. The first-order chi connectivity index (χ1) is 8.00. The number of nitrogen functional groups attached to an aromatic ring is 1. The summed E-state index contributed by atoms with van der Waals surface area (Å²) < 4.78 is 17.5. The normalized spacial score (nSPS) is 12.9. The summed E-state index contributed by atoms with van der Waals surface area (Å²) in [7, 11) is -1.02. The van der Waals surface area contributed by atoms with Crippen molar-refractivity contribution in [3.63, 3.8) is 0 Å². The van der Waals surface area contributed by atoms with Crippen molar-refractivity contribution >= 4 is 16.5 Å². The van der Waals surface area contributed by atoms with Crippen LogP contribution in [0.3, 0.4) is 0 Å². The number of hydrogen-bond donors (Lipinski definition) is 1. The van der Waals surface area contributed by atoms with Gasteiger partial charge in [-0.05, 0) is 30.5 Å². The van der Waals surface area contributed by atoms with Crippen LogP contribution in [0.25, 0.3) is 0 Å². The largest absolute Gasteiger partial charge is 0.399 e. The minimum absolute atomic E-state index is 0.512. The van der Waals surface area contributed by atoms with Gasteiger partial charge in [-0.2, -0.15) is 0 Å². The highest BCUT2D eigenvalue weighted by Crippen LogP contribution is 2.16. The highest BCUT2D eigenvalue weighted by atomic mass is 32.2. The van der Waals surface area contributed by atoms with Crippen LogP contribution in [-0.2, 0) is 15.5 Å². The van der Waals surface area contributed by atoms with Gasteiger partial charge in [-0.3, -0.25) is 4.21 Å². The maximum Gasteiger partial charge on any atom is 0.0585 e. The number of ether oxygens (including phenoxy) is 1. The van der Waals surface area contributed by atoms with Gasteiger partial charge in [0.25, 0.3) is 0 Å². The van der Waals surface area contributed by atoms with Crippen molar-refractivity contribution in [1.82, 2.24) is 0 Å². The first-order valence-electron chi connectivity index (χ1n) is 5.83. The van der Waals surface area contributed by atoms with E-state index in [4.69, 9.17) is 10.5 Å². The summed E-state index contributed by atoms with van der Waals surface area (Å²) in [5.74, 6) is 1.04. The first-order valence-corrected chi connectivity index (χ1v) is 7.15. The average Bonchev–Trinajstić information content (AvgIpc) is 2.27. The molecule has 0 aliphatic rings. The summed E-state index contributed by atoms with van der Waals surface area (Å²) in [6.45, 7) is 7.38. The van der Waals surface area contributed by atoms with Crippen LogP contribution in [0.15, 0.2) is 23.1 Å². The molecule has 0 saturated carbocycles. The van der Waals surface area contributed by atoms with Gasteiger partial charge in [0.1, 0.15) is 0 Å². The molecular formula is C13H21NO2S. The van der Waals surface area contributed by atoms with Crippen molar-refractivity contribution in [2.24, 2.45) is 5.92 Å². The zero-order chi connectivity index (χ0) is 12.8. The Balaban J connectivity index is 2.49. The average molecular weight is 255 g/mol. The Morgan fingerprint density at radius 2 is 2.12 bits per heavy atom. The monoisotopic (exact) mass is 255 g/mol. The Morgan fingerprint density at radius 1 is 1.41 bits per heavy atom. The summed E-state index contributed by atoms with van der Waals surface area (Å²) in [5, 5.41) is 0. The molecule has 2 N–H and O–H groups in total. The lowest BCUT2D eigenvalue weighted by molar-refractivity contribution is 0.123. The molecule has 0 bridgehead atoms. The summed E-state index contributed by atoms with van der Waals surface area (Å²) in [4.78, 5) is 0.818. The zero-order valence-corrected chi connectivity index (χ0v) is 11.5. The molecule has 1 unspecified atom stereocenters. The fourth-order valence-electron chi connectivity index (χ4n) is 1.43. The standard InChI is InChI=1S/C13H21NO2S/c1-10(2)9-16-6-7-17(15)13-8-12(14)5-4-11(13)3/h4-5,8,10H,6-7,9,14H2,1-3H3. The van der Waals surface area contributed by atoms with E-state index in [9.17, 15) is 4.21 Å². The smallest absolute Gasteiger partial charge is 0.0585 e. The minimum atomic E-state index is -1.02. The number of rotatable bonds is 6. The maximum absolute atomic E-state index is 12.0. The van der Waals surface area contributed by atoms with Crippen molar-refractivity contribution in [2.45, 2.75) is 25.7 Å². The summed E-state index contributed by atoms with van der Waals surface area (Å²) in [5.41, 5.74) is 7.36. The van der Waals surface area contributed by atoms with Crippen LogP contribution < -0.4 is 5.73 Å². The van der Waals surface area contributed by atoms with Gasteiger partial charge >= 0.3 is 0 Å². The van der Waals surface area contributed by atoms with Gasteiger partial charge in [-0.1, -0.05) is 19.9 Å². The molecule has 0 aromatic heterocycles. The second-order valence-corrected chi connectivity index (χ2v) is 6.08. The van der Waals surface area contributed by atoms with Gasteiger partial charge in [-0.25, -0.2) is 0 Å². The molecule has 3 nitrogen and oxygen atoms in total. The summed E-state index contributed by atoms with van der Waals surface area (Å²) in [6, 6.07) is 5.51. The van der Waals surface area contributed by atoms with E-state index in [2.05, 4.69) is 13.8 Å². The molecular weight excluding hydrogens is 234 g/mol. The quantitative estimate of drug-likeness (QED) is 0.627. The van der Waals surface area contributed by atoms with Crippen LogP contribution in [0.1, 0.15) is 19.4 Å². The number of anilines is 1. The lowest BCUT2D eigenvalue weighted by Gasteiger charge is -2.09. The lowest BCUT2D eigenvalue weighted by atomic mass is 10.2. The number of aryl methyl sites for hydroxylation is 1. The Morgan fingerprint density at radius 3 is 2.76 bits per heavy atom. The second kappa shape index (κ2) is 6.77. The summed E-state index contributed by atoms with van der Waals surface area (Å²) >= 11 is 0. The summed E-state index contributed by atoms with van der Waals surface area (Å²) in [6.07, 6.45) is 0. The van der Waals surface area contributed by atoms with Gasteiger partial charge in [-0.15, -0.1) is 0 Å². The number of benzene rings is 1. The minimum Gasteiger partial charge on any atom is -0.399 e. The van der Waals surface area contributed by atoms with Crippen LogP contribution in [0.4, 0.5) is 5.69 Å². The molecule has 0 fully saturated rings. The van der Waals surface area contributed by atoms with E-state index >= 15 is 0 Å². The predicted molar refractivity (Wildman–Crippen MR) is 72.5 cm³/mol. The van der Waals surface area contributed by atoms with Crippen molar-refractivity contribution in [3.8, 4) is 0 Å². The van der Waals surface area contributed by atoms with E-state index in [0.717, 1.165) is 10.5 Å². The van der Waals surface area contributed by atoms with Crippen LogP contribution in [0.5, 0.6) is 0 Å². The van der Waals surface area contributed by atoms with E-state index in [1.165, 1.54) is 0 Å². The zero-order valence-electron chi connectivity index (χ0n) is 10.7. The fourth-order valence-corrected chi connectivity index (χ4v) is 2.61. The van der Waals surface area contributed by atoms with Gasteiger partial charge in [0.15, 0.2) is 0 Å². The molecule has 0 amide bonds. The SMILES string of the molecule is Cc1ccc(N)cc1S(=O)CCOCC(C)C. The lowest BCUT2D eigenvalue weighted by Crippen LogP contribution is -2.10. The molecule has 0 heterocycles. The van der Waals surface area contributed by atoms with E-state index in [1.54, 1.807) is 6.07 Å². The predicted octanol–water partition coefficient (Wildman–Crippen LogP) is 2.36. The Kier molecular flexibility index (Phi) is 5.65. The molecule has 1 aromatic carbocycles. The molecule has 0 aliphatic carbocycles. The molecule has 0 spiro atoms. The van der Waals surface area contributed by atoms with E-state index in [1.807, 2.05) is 19.1 Å². The van der Waals surface area contributed by atoms with Gasteiger partial charge in [0.05, 0.1) is 23.2 Å². The molecule has 0 saturated heterocycles. The highest BCUT2D eigenvalue weighted by Gasteiger charge is 2.07. The van der Waals surface area contributed by atoms with Gasteiger partial charge in [0.2, 0.25) is 0 Å². The third kappa shape index (κ3) is 4.88. The molecule has 1 atom stereocenters. The van der Waals surface area contributed by atoms with Crippen molar-refractivity contribution in [2.75, 3.05) is 24.7 Å². The Hall–Kier alpha value is -0.870. The molecule has 1 rings (SSSR count). The van der Waals surface area contributed by atoms with E-state index < -0.39 is 10.8 Å². The third-order valence-electron chi connectivity index (χ3n) is 2.32. The highest BCUT2D eigenvalue weighted by molar-refractivity contribution is 7.85. The van der Waals surface area contributed by atoms with Crippen molar-refractivity contribution in [1.29, 1.82) is 0 Å². The Labute approximate surface area is 106 Å². The van der Waals surface area contributed by atoms with Crippen molar-refractivity contribution < 1.29 is 8.95 Å². The topological polar surface area (TPSA) is 52.3 Å². The van der Waals surface area contributed by atoms with Gasteiger partial charge < -0.3 is 10.5 Å². The fraction of sp³-hybridized carbons (Fsp3) is 0.538. The molecule has 0 aliphatic heterocycles.